The first kappa shape index (κ1) is 21.8. The lowest BCUT2D eigenvalue weighted by Crippen LogP contribution is -2.29. The van der Waals surface area contributed by atoms with Crippen LogP contribution in [0.15, 0.2) is 73.1 Å². The van der Waals surface area contributed by atoms with E-state index in [2.05, 4.69) is 4.98 Å². The molecule has 2 aromatic carbocycles. The minimum atomic E-state index is -3.55. The molecule has 0 aliphatic rings. The highest BCUT2D eigenvalue weighted by Crippen LogP contribution is 2.30. The summed E-state index contributed by atoms with van der Waals surface area (Å²) in [5, 5.41) is 0.501. The van der Waals surface area contributed by atoms with Crippen LogP contribution in [-0.4, -0.2) is 25.6 Å². The van der Waals surface area contributed by atoms with E-state index in [1.165, 1.54) is 4.31 Å². The van der Waals surface area contributed by atoms with Gasteiger partial charge in [0.15, 0.2) is 0 Å². The molecule has 1 atom stereocenters. The number of nitrogens with zero attached hydrogens (tertiary/aromatic N) is 2. The van der Waals surface area contributed by atoms with E-state index >= 15 is 0 Å². The third kappa shape index (κ3) is 5.37. The lowest BCUT2D eigenvalue weighted by molar-refractivity contribution is -0.118. The molecule has 1 aromatic heterocycles. The summed E-state index contributed by atoms with van der Waals surface area (Å²) in [6.07, 6.45) is 4.64. The van der Waals surface area contributed by atoms with Crippen LogP contribution in [-0.2, 0) is 21.4 Å². The van der Waals surface area contributed by atoms with Crippen LogP contribution in [0.5, 0.6) is 0 Å². The van der Waals surface area contributed by atoms with Crippen LogP contribution in [0.1, 0.15) is 29.0 Å². The minimum Gasteiger partial charge on any atom is -0.370 e. The summed E-state index contributed by atoms with van der Waals surface area (Å²) >= 11 is 6.22. The Hall–Kier alpha value is -2.90. The molecule has 3 rings (SSSR count). The van der Waals surface area contributed by atoms with E-state index in [0.29, 0.717) is 16.3 Å². The molecule has 0 aliphatic heterocycles. The quantitative estimate of drug-likeness (QED) is 0.574. The largest absolute Gasteiger partial charge is 0.370 e. The number of anilines is 1. The second-order valence-electron chi connectivity index (χ2n) is 6.96. The molecule has 0 spiro atoms. The molecule has 0 saturated heterocycles. The molecule has 0 aliphatic carbocycles. The zero-order valence-corrected chi connectivity index (χ0v) is 18.0. The predicted molar refractivity (Wildman–Crippen MR) is 119 cm³/mol. The fourth-order valence-electron chi connectivity index (χ4n) is 3.27. The third-order valence-electron chi connectivity index (χ3n) is 4.75. The highest BCUT2D eigenvalue weighted by Gasteiger charge is 2.21. The summed E-state index contributed by atoms with van der Waals surface area (Å²) in [4.78, 5) is 15.7. The van der Waals surface area contributed by atoms with Crippen LogP contribution in [0.4, 0.5) is 5.69 Å². The Balaban J connectivity index is 1.94. The topological polar surface area (TPSA) is 93.4 Å². The molecule has 3 aromatic rings. The van der Waals surface area contributed by atoms with Gasteiger partial charge in [0.2, 0.25) is 15.9 Å². The number of benzene rings is 2. The average Bonchev–Trinajstić information content (AvgIpc) is 2.71. The van der Waals surface area contributed by atoms with E-state index < -0.39 is 15.9 Å². The summed E-state index contributed by atoms with van der Waals surface area (Å²) in [6.45, 7) is 0.116. The van der Waals surface area contributed by atoms with Crippen LogP contribution in [0.25, 0.3) is 0 Å². The number of halogens is 1. The maximum Gasteiger partial charge on any atom is 0.232 e. The van der Waals surface area contributed by atoms with Crippen molar-refractivity contribution in [2.75, 3.05) is 10.6 Å². The van der Waals surface area contributed by atoms with Crippen LogP contribution in [0.2, 0.25) is 5.02 Å². The predicted octanol–water partition coefficient (Wildman–Crippen LogP) is 3.71. The maximum absolute atomic E-state index is 12.4. The van der Waals surface area contributed by atoms with Crippen molar-refractivity contribution in [3.8, 4) is 0 Å². The van der Waals surface area contributed by atoms with Crippen LogP contribution >= 0.6 is 11.6 Å². The van der Waals surface area contributed by atoms with Gasteiger partial charge in [-0.3, -0.25) is 14.1 Å². The van der Waals surface area contributed by atoms with E-state index in [4.69, 9.17) is 17.3 Å². The summed E-state index contributed by atoms with van der Waals surface area (Å²) < 4.78 is 26.2. The van der Waals surface area contributed by atoms with E-state index in [1.54, 1.807) is 60.9 Å². The van der Waals surface area contributed by atoms with Gasteiger partial charge in [0.1, 0.15) is 0 Å². The molecule has 2 N–H and O–H groups in total. The maximum atomic E-state index is 12.4. The molecular weight excluding hydrogens is 422 g/mol. The first-order valence-electron chi connectivity index (χ1n) is 9.25. The fourth-order valence-corrected chi connectivity index (χ4v) is 4.34. The van der Waals surface area contributed by atoms with Gasteiger partial charge >= 0.3 is 0 Å². The molecule has 0 fully saturated rings. The summed E-state index contributed by atoms with van der Waals surface area (Å²) in [5.41, 5.74) is 8.36. The molecule has 1 amide bonds. The number of rotatable bonds is 8. The number of pyridine rings is 1. The standard InChI is InChI=1S/C22H22ClN3O3S/c1-30(28,29)26(15-18-5-2-3-7-21(18)23)19-10-8-16(9-11-19)20(13-22(24)27)17-6-4-12-25-14-17/h2-12,14,20H,13,15H2,1H3,(H2,24,27). The van der Waals surface area contributed by atoms with Gasteiger partial charge in [-0.05, 0) is 41.0 Å². The van der Waals surface area contributed by atoms with Gasteiger partial charge in [0.05, 0.1) is 18.5 Å². The highest BCUT2D eigenvalue weighted by molar-refractivity contribution is 7.92. The SMILES string of the molecule is CS(=O)(=O)N(Cc1ccccc1Cl)c1ccc(C(CC(N)=O)c2cccnc2)cc1. The Bertz CT molecular complexity index is 1120. The van der Waals surface area contributed by atoms with Gasteiger partial charge in [0.25, 0.3) is 0 Å². The Labute approximate surface area is 181 Å². The van der Waals surface area contributed by atoms with Crippen LogP contribution in [0.3, 0.4) is 0 Å². The normalized spacial score (nSPS) is 12.3. The van der Waals surface area contributed by atoms with Gasteiger partial charge in [0, 0.05) is 29.8 Å². The van der Waals surface area contributed by atoms with Crippen molar-refractivity contribution in [2.24, 2.45) is 5.73 Å². The summed E-state index contributed by atoms with van der Waals surface area (Å²) in [6, 6.07) is 17.9. The number of sulfonamides is 1. The number of carbonyl (C=O) groups is 1. The first-order valence-corrected chi connectivity index (χ1v) is 11.5. The summed E-state index contributed by atoms with van der Waals surface area (Å²) in [7, 11) is -3.55. The lowest BCUT2D eigenvalue weighted by atomic mass is 9.89. The van der Waals surface area contributed by atoms with Crippen molar-refractivity contribution in [1.29, 1.82) is 0 Å². The molecule has 1 unspecified atom stereocenters. The molecule has 1 heterocycles. The average molecular weight is 444 g/mol. The molecule has 8 heteroatoms. The molecule has 6 nitrogen and oxygen atoms in total. The third-order valence-corrected chi connectivity index (χ3v) is 6.26. The van der Waals surface area contributed by atoms with Crippen molar-refractivity contribution in [3.63, 3.8) is 0 Å². The Morgan fingerprint density at radius 3 is 2.33 bits per heavy atom. The number of carbonyl (C=O) groups excluding carboxylic acids is 1. The number of hydrogen-bond donors (Lipinski definition) is 1. The van der Waals surface area contributed by atoms with E-state index in [1.807, 2.05) is 12.1 Å². The smallest absolute Gasteiger partial charge is 0.232 e. The monoisotopic (exact) mass is 443 g/mol. The van der Waals surface area contributed by atoms with Gasteiger partial charge in [-0.2, -0.15) is 0 Å². The molecule has 0 radical (unpaired) electrons. The van der Waals surface area contributed by atoms with Crippen molar-refractivity contribution < 1.29 is 13.2 Å². The van der Waals surface area contributed by atoms with Gasteiger partial charge in [-0.15, -0.1) is 0 Å². The number of aromatic nitrogens is 1. The zero-order valence-electron chi connectivity index (χ0n) is 16.4. The van der Waals surface area contributed by atoms with Gasteiger partial charge in [-0.25, -0.2) is 8.42 Å². The molecule has 0 bridgehead atoms. The Morgan fingerprint density at radius 2 is 1.77 bits per heavy atom. The number of nitrogens with two attached hydrogens (primary N) is 1. The van der Waals surface area contributed by atoms with Crippen LogP contribution in [0, 0.1) is 0 Å². The first-order chi connectivity index (χ1) is 14.3. The molecule has 30 heavy (non-hydrogen) atoms. The van der Waals surface area contributed by atoms with Crippen molar-refractivity contribution in [1.82, 2.24) is 4.98 Å². The zero-order chi connectivity index (χ0) is 21.7. The van der Waals surface area contributed by atoms with Crippen LogP contribution < -0.4 is 10.0 Å². The second kappa shape index (κ2) is 9.28. The number of hydrogen-bond acceptors (Lipinski definition) is 4. The van der Waals surface area contributed by atoms with Crippen molar-refractivity contribution >= 4 is 33.2 Å². The molecule has 156 valence electrons. The lowest BCUT2D eigenvalue weighted by Gasteiger charge is -2.24. The Morgan fingerprint density at radius 1 is 1.07 bits per heavy atom. The minimum absolute atomic E-state index is 0.116. The van der Waals surface area contributed by atoms with Gasteiger partial charge < -0.3 is 5.73 Å². The van der Waals surface area contributed by atoms with Gasteiger partial charge in [-0.1, -0.05) is 48.0 Å². The van der Waals surface area contributed by atoms with E-state index in [9.17, 15) is 13.2 Å². The Kier molecular flexibility index (Phi) is 6.74. The fraction of sp³-hybridized carbons (Fsp3) is 0.182. The molecule has 0 saturated carbocycles. The summed E-state index contributed by atoms with van der Waals surface area (Å²) in [5.74, 6) is -0.690. The highest BCUT2D eigenvalue weighted by atomic mass is 35.5. The number of primary amides is 1. The van der Waals surface area contributed by atoms with Crippen molar-refractivity contribution in [3.05, 3.63) is 94.8 Å². The van der Waals surface area contributed by atoms with E-state index in [0.717, 1.165) is 17.4 Å². The number of amides is 1. The van der Waals surface area contributed by atoms with Crippen molar-refractivity contribution in [2.45, 2.75) is 18.9 Å². The second-order valence-corrected chi connectivity index (χ2v) is 9.28. The van der Waals surface area contributed by atoms with E-state index in [-0.39, 0.29) is 18.9 Å². The molecular formula is C22H22ClN3O3S.